The second kappa shape index (κ2) is 5.26. The zero-order chi connectivity index (χ0) is 16.1. The van der Waals surface area contributed by atoms with Crippen molar-refractivity contribution in [1.82, 2.24) is 8.96 Å². The quantitative estimate of drug-likeness (QED) is 0.692. The van der Waals surface area contributed by atoms with Crippen molar-refractivity contribution in [2.75, 3.05) is 0 Å². The first-order chi connectivity index (χ1) is 10.3. The van der Waals surface area contributed by atoms with Crippen LogP contribution >= 0.6 is 23.2 Å². The summed E-state index contributed by atoms with van der Waals surface area (Å²) < 4.78 is 26.8. The van der Waals surface area contributed by atoms with Crippen molar-refractivity contribution < 1.29 is 8.42 Å². The molecule has 0 spiro atoms. The zero-order valence-electron chi connectivity index (χ0n) is 11.8. The van der Waals surface area contributed by atoms with Gasteiger partial charge in [0.15, 0.2) is 0 Å². The number of halogens is 2. The molecule has 0 saturated heterocycles. The highest BCUT2D eigenvalue weighted by Crippen LogP contribution is 2.29. The lowest BCUT2D eigenvalue weighted by atomic mass is 10.1. The van der Waals surface area contributed by atoms with E-state index in [1.165, 1.54) is 18.5 Å². The van der Waals surface area contributed by atoms with Crippen molar-refractivity contribution >= 4 is 44.3 Å². The summed E-state index contributed by atoms with van der Waals surface area (Å²) in [5.41, 5.74) is 3.17. The van der Waals surface area contributed by atoms with Gasteiger partial charge in [-0.2, -0.15) is 0 Å². The molecule has 114 valence electrons. The van der Waals surface area contributed by atoms with Gasteiger partial charge in [-0.3, -0.25) is 0 Å². The van der Waals surface area contributed by atoms with Crippen molar-refractivity contribution in [3.63, 3.8) is 0 Å². The van der Waals surface area contributed by atoms with E-state index in [-0.39, 0.29) is 9.92 Å². The van der Waals surface area contributed by atoms with Gasteiger partial charge in [-0.1, -0.05) is 23.2 Å². The Kier molecular flexibility index (Phi) is 3.67. The minimum atomic E-state index is -3.87. The normalized spacial score (nSPS) is 12.0. The lowest BCUT2D eigenvalue weighted by Gasteiger charge is -2.09. The summed E-state index contributed by atoms with van der Waals surface area (Å²) in [6.45, 7) is 3.88. The van der Waals surface area contributed by atoms with Gasteiger partial charge in [0.1, 0.15) is 11.2 Å². The molecule has 0 saturated carbocycles. The third-order valence-corrected chi connectivity index (χ3v) is 5.94. The smallest absolute Gasteiger partial charge is 0.236 e. The average molecular weight is 355 g/mol. The van der Waals surface area contributed by atoms with Crippen molar-refractivity contribution in [3.8, 4) is 0 Å². The monoisotopic (exact) mass is 354 g/mol. The average Bonchev–Trinajstić information content (AvgIpc) is 2.85. The Labute approximate surface area is 138 Å². The van der Waals surface area contributed by atoms with E-state index in [1.54, 1.807) is 12.1 Å². The summed E-state index contributed by atoms with van der Waals surface area (Å²) in [6.07, 6.45) is 1.29. The highest BCUT2D eigenvalue weighted by molar-refractivity contribution is 7.90. The van der Waals surface area contributed by atoms with Crippen molar-refractivity contribution in [1.29, 1.82) is 0 Å². The molecule has 22 heavy (non-hydrogen) atoms. The van der Waals surface area contributed by atoms with Crippen LogP contribution in [0, 0.1) is 13.8 Å². The largest absolute Gasteiger partial charge is 0.271 e. The predicted octanol–water partition coefficient (Wildman–Crippen LogP) is 4.20. The van der Waals surface area contributed by atoms with E-state index in [1.807, 2.05) is 19.9 Å². The Bertz CT molecular complexity index is 994. The van der Waals surface area contributed by atoms with Crippen LogP contribution in [0.2, 0.25) is 10.0 Å². The van der Waals surface area contributed by atoms with Gasteiger partial charge in [-0.25, -0.2) is 17.4 Å². The van der Waals surface area contributed by atoms with Crippen LogP contribution in [0.5, 0.6) is 0 Å². The Hall–Kier alpha value is -1.56. The van der Waals surface area contributed by atoms with Crippen LogP contribution in [-0.2, 0) is 10.0 Å². The first-order valence-corrected chi connectivity index (χ1v) is 8.65. The van der Waals surface area contributed by atoms with Crippen molar-refractivity contribution in [2.45, 2.75) is 18.7 Å². The van der Waals surface area contributed by atoms with Gasteiger partial charge in [-0.15, -0.1) is 0 Å². The maximum atomic E-state index is 12.9. The van der Waals surface area contributed by atoms with E-state index in [0.29, 0.717) is 16.1 Å². The Morgan fingerprint density at radius 3 is 2.45 bits per heavy atom. The fourth-order valence-corrected chi connectivity index (χ4v) is 4.24. The highest BCUT2D eigenvalue weighted by Gasteiger charge is 2.23. The molecule has 1 aromatic heterocycles. The lowest BCUT2D eigenvalue weighted by Crippen LogP contribution is -2.12. The fourth-order valence-electron chi connectivity index (χ4n) is 2.21. The summed E-state index contributed by atoms with van der Waals surface area (Å²) in [7, 11) is -3.87. The molecule has 0 N–H and O–H groups in total. The van der Waals surface area contributed by atoms with Crippen LogP contribution in [0.15, 0.2) is 41.6 Å². The number of aryl methyl sites for hydroxylation is 2. The van der Waals surface area contributed by atoms with E-state index < -0.39 is 10.0 Å². The Balaban J connectivity index is 2.30. The molecule has 0 radical (unpaired) electrons. The van der Waals surface area contributed by atoms with E-state index in [9.17, 15) is 8.42 Å². The molecule has 7 heteroatoms. The lowest BCUT2D eigenvalue weighted by molar-refractivity contribution is 0.589. The molecule has 2 aromatic carbocycles. The maximum absolute atomic E-state index is 12.9. The second-order valence-electron chi connectivity index (χ2n) is 5.05. The third-order valence-electron chi connectivity index (χ3n) is 3.56. The number of hydrogen-bond acceptors (Lipinski definition) is 3. The van der Waals surface area contributed by atoms with Gasteiger partial charge in [0, 0.05) is 5.02 Å². The number of benzene rings is 2. The standard InChI is InChI=1S/C15H12Cl2N2O2S/c1-9-5-13-14(6-10(9)2)19(8-18-13)22(20,21)15-7-11(16)3-4-12(15)17/h3-8H,1-2H3. The van der Waals surface area contributed by atoms with Gasteiger partial charge in [0.25, 0.3) is 10.0 Å². The zero-order valence-corrected chi connectivity index (χ0v) is 14.2. The Morgan fingerprint density at radius 1 is 1.05 bits per heavy atom. The van der Waals surface area contributed by atoms with E-state index >= 15 is 0 Å². The van der Waals surface area contributed by atoms with Gasteiger partial charge in [0.05, 0.1) is 16.1 Å². The molecule has 0 aliphatic rings. The molecular weight excluding hydrogens is 343 g/mol. The minimum Gasteiger partial charge on any atom is -0.236 e. The molecule has 0 fully saturated rings. The van der Waals surface area contributed by atoms with Crippen molar-refractivity contribution in [2.24, 2.45) is 0 Å². The van der Waals surface area contributed by atoms with Gasteiger partial charge in [0.2, 0.25) is 0 Å². The summed E-state index contributed by atoms with van der Waals surface area (Å²) in [5, 5.41) is 0.425. The minimum absolute atomic E-state index is 0.0424. The summed E-state index contributed by atoms with van der Waals surface area (Å²) >= 11 is 11.9. The molecule has 0 atom stereocenters. The number of aromatic nitrogens is 2. The Morgan fingerprint density at radius 2 is 1.73 bits per heavy atom. The van der Waals surface area contributed by atoms with Crippen LogP contribution in [0.3, 0.4) is 0 Å². The molecule has 4 nitrogen and oxygen atoms in total. The van der Waals surface area contributed by atoms with Crippen LogP contribution in [0.25, 0.3) is 11.0 Å². The topological polar surface area (TPSA) is 52.0 Å². The van der Waals surface area contributed by atoms with Gasteiger partial charge in [-0.05, 0) is 55.3 Å². The summed E-state index contributed by atoms with van der Waals surface area (Å²) in [6, 6.07) is 8.00. The van der Waals surface area contributed by atoms with E-state index in [0.717, 1.165) is 15.1 Å². The number of nitrogens with zero attached hydrogens (tertiary/aromatic N) is 2. The van der Waals surface area contributed by atoms with E-state index in [4.69, 9.17) is 23.2 Å². The second-order valence-corrected chi connectivity index (χ2v) is 7.67. The van der Waals surface area contributed by atoms with Crippen LogP contribution in [-0.4, -0.2) is 17.4 Å². The molecule has 0 aliphatic heterocycles. The molecule has 0 unspecified atom stereocenters. The number of imidazole rings is 1. The SMILES string of the molecule is Cc1cc2ncn(S(=O)(=O)c3cc(Cl)ccc3Cl)c2cc1C. The predicted molar refractivity (Wildman–Crippen MR) is 88.3 cm³/mol. The number of hydrogen-bond donors (Lipinski definition) is 0. The first kappa shape index (κ1) is 15.3. The molecule has 1 heterocycles. The third kappa shape index (κ3) is 2.39. The molecule has 0 bridgehead atoms. The molecule has 0 amide bonds. The first-order valence-electron chi connectivity index (χ1n) is 6.45. The van der Waals surface area contributed by atoms with Crippen molar-refractivity contribution in [3.05, 3.63) is 57.8 Å². The van der Waals surface area contributed by atoms with Crippen LogP contribution in [0.4, 0.5) is 0 Å². The van der Waals surface area contributed by atoms with Gasteiger partial charge >= 0.3 is 0 Å². The number of rotatable bonds is 2. The van der Waals surface area contributed by atoms with Gasteiger partial charge < -0.3 is 0 Å². The molecule has 0 aliphatic carbocycles. The molecule has 3 rings (SSSR count). The number of fused-ring (bicyclic) bond motifs is 1. The summed E-state index contributed by atoms with van der Waals surface area (Å²) in [5.74, 6) is 0. The molecule has 3 aromatic rings. The summed E-state index contributed by atoms with van der Waals surface area (Å²) in [4.78, 5) is 4.13. The van der Waals surface area contributed by atoms with E-state index in [2.05, 4.69) is 4.98 Å². The highest BCUT2D eigenvalue weighted by atomic mass is 35.5. The van der Waals surface area contributed by atoms with Crippen LogP contribution in [0.1, 0.15) is 11.1 Å². The fraction of sp³-hybridized carbons (Fsp3) is 0.133. The molecular formula is C15H12Cl2N2O2S. The van der Waals surface area contributed by atoms with Crippen LogP contribution < -0.4 is 0 Å². The maximum Gasteiger partial charge on any atom is 0.271 e.